The highest BCUT2D eigenvalue weighted by atomic mass is 16.5. The summed E-state index contributed by atoms with van der Waals surface area (Å²) in [4.78, 5) is 206. The van der Waals surface area contributed by atoms with Crippen LogP contribution in [-0.4, -0.2) is 242 Å². The van der Waals surface area contributed by atoms with Crippen LogP contribution in [0.2, 0.25) is 0 Å². The van der Waals surface area contributed by atoms with Crippen LogP contribution in [0.15, 0.2) is 0 Å². The molecule has 13 amide bonds. The van der Waals surface area contributed by atoms with Crippen molar-refractivity contribution in [2.75, 3.05) is 68.6 Å². The van der Waals surface area contributed by atoms with Gasteiger partial charge in [-0.05, 0) is 86.9 Å². The Morgan fingerprint density at radius 2 is 1.02 bits per heavy atom. The molecule has 29 nitrogen and oxygen atoms in total. The number of esters is 1. The summed E-state index contributed by atoms with van der Waals surface area (Å²) >= 11 is 0. The molecule has 14 unspecified atom stereocenters. The number of hydrogen-bond acceptors (Lipinski definition) is 16. The van der Waals surface area contributed by atoms with Crippen LogP contribution >= 0.6 is 0 Å². The Labute approximate surface area is 595 Å². The topological polar surface area (TPSA) is 370 Å². The van der Waals surface area contributed by atoms with E-state index in [0.29, 0.717) is 25.7 Å². The maximum atomic E-state index is 14.8. The first kappa shape index (κ1) is 90.6. The number of likely N-dealkylation sites (N-methyl/N-ethyl adjacent to an activating group) is 5. The Morgan fingerprint density at radius 1 is 0.570 bits per heavy atom. The quantitative estimate of drug-likeness (QED) is 0.0722. The van der Waals surface area contributed by atoms with Crippen molar-refractivity contribution in [2.45, 2.75) is 255 Å². The molecule has 1 saturated heterocycles. The molecule has 1 aliphatic rings. The first-order valence-corrected chi connectivity index (χ1v) is 35.9. The van der Waals surface area contributed by atoms with Gasteiger partial charge in [0, 0.05) is 81.2 Å². The molecule has 0 radical (unpaired) electrons. The molecule has 29 heteroatoms. The normalized spacial score (nSPS) is 24.7. The summed E-state index contributed by atoms with van der Waals surface area (Å²) in [5, 5.41) is 21.9. The number of methoxy groups -OCH3 is 1. The number of carbonyl (C=O) groups is 14. The number of nitrogens with one attached hydrogen (secondary N) is 8. The fourth-order valence-corrected chi connectivity index (χ4v) is 12.2. The number of hydrogen-bond donors (Lipinski definition) is 8. The molecule has 8 N–H and O–H groups in total. The molecule has 100 heavy (non-hydrogen) atoms. The van der Waals surface area contributed by atoms with Crippen molar-refractivity contribution in [3.63, 3.8) is 0 Å². The van der Waals surface area contributed by atoms with Crippen molar-refractivity contribution in [1.29, 1.82) is 0 Å². The number of ether oxygens (including phenoxy) is 2. The van der Waals surface area contributed by atoms with Gasteiger partial charge in [-0.1, -0.05) is 130 Å². The van der Waals surface area contributed by atoms with Crippen molar-refractivity contribution < 1.29 is 76.6 Å². The third-order valence-corrected chi connectivity index (χ3v) is 18.6. The lowest BCUT2D eigenvalue weighted by Gasteiger charge is -2.37. The predicted molar refractivity (Wildman–Crippen MR) is 379 cm³/mol. The van der Waals surface area contributed by atoms with Gasteiger partial charge >= 0.3 is 5.97 Å². The van der Waals surface area contributed by atoms with Gasteiger partial charge < -0.3 is 76.5 Å². The Balaban J connectivity index is 4.19. The summed E-state index contributed by atoms with van der Waals surface area (Å²) in [5.41, 5.74) is 0. The average Bonchev–Trinajstić information content (AvgIpc) is 0.838. The predicted octanol–water partition coefficient (Wildman–Crippen LogP) is 2.65. The van der Waals surface area contributed by atoms with Crippen molar-refractivity contribution in [2.24, 2.45) is 47.3 Å². The molecule has 0 aromatic heterocycles. The number of rotatable bonds is 22. The third-order valence-electron chi connectivity index (χ3n) is 18.6. The molecule has 572 valence electrons. The maximum absolute atomic E-state index is 14.8. The molecular weight excluding hydrogens is 1290 g/mol. The molecule has 1 heterocycles. The highest BCUT2D eigenvalue weighted by molar-refractivity contribution is 5.98. The monoisotopic (exact) mass is 1420 g/mol. The zero-order valence-corrected chi connectivity index (χ0v) is 64.6. The lowest BCUT2D eigenvalue weighted by Crippen LogP contribution is -2.61. The molecular formula is C71H127N13O16. The van der Waals surface area contributed by atoms with Crippen molar-refractivity contribution in [3.8, 4) is 0 Å². The molecule has 0 spiro atoms. The Kier molecular flexibility index (Phi) is 39.9. The smallest absolute Gasteiger partial charge is 0.329 e. The SMILES string of the molecule is CCCC(C)C1NC(=O)CCNC(=O)C(C(C)CC)N(C)C(=O)C(CC(C)C)NC(=O)CCNC(=O)C(NC(=O)C(CC(C)C)N(C)C(=O)C(NC(=O)COC)C(C)C)C(C)OC(=O)C(C(C)CC)N(C)C(=O)C(CC(C)C)NC(=O)CCNC(=O)C(C)N(C)C(=O)C(C(C)C)N(C)C1=O. The lowest BCUT2D eigenvalue weighted by atomic mass is 9.93. The summed E-state index contributed by atoms with van der Waals surface area (Å²) in [6.45, 7) is 30.5. The van der Waals surface area contributed by atoms with Crippen LogP contribution in [-0.2, 0) is 76.6 Å². The van der Waals surface area contributed by atoms with Gasteiger partial charge in [0.2, 0.25) is 76.8 Å². The van der Waals surface area contributed by atoms with Crippen LogP contribution in [0, 0.1) is 47.3 Å². The second kappa shape index (κ2) is 44.0. The zero-order valence-electron chi connectivity index (χ0n) is 64.6. The molecule has 0 bridgehead atoms. The van der Waals surface area contributed by atoms with Gasteiger partial charge in [-0.25, -0.2) is 4.79 Å². The van der Waals surface area contributed by atoms with Crippen LogP contribution in [0.3, 0.4) is 0 Å². The summed E-state index contributed by atoms with van der Waals surface area (Å²) in [5.74, 6) is -12.4. The second-order valence-electron chi connectivity index (χ2n) is 29.2. The van der Waals surface area contributed by atoms with E-state index in [-0.39, 0.29) is 76.1 Å². The van der Waals surface area contributed by atoms with Crippen LogP contribution in [0.1, 0.15) is 189 Å². The standard InChI is InChI=1S/C71H127N13O16/c1-25-28-46(16)57-69(96)82(21)59(43(12)13)70(97)80(19)47(17)62(89)72-32-29-52(85)76-50(36-40(6)7)67(94)84(23)61(45(15)27-3)71(98)100-48(18)58(79-63(90)51(37-41(8)9)81(20)68(95)56(42(10)11)78-55(88)38-99-24)64(91)73-33-30-53(86)75-49(35-39(4)5)66(93)83(22)60(44(14)26-2)65(92)74-34-31-54(87)77-57/h39-51,56-61H,25-38H2,1-24H3,(H,72,89)(H,73,91)(H,74,92)(H,75,86)(H,76,85)(H,77,87)(H,78,88)(H,79,90). The lowest BCUT2D eigenvalue weighted by molar-refractivity contribution is -0.163. The van der Waals surface area contributed by atoms with Crippen LogP contribution in [0.5, 0.6) is 0 Å². The van der Waals surface area contributed by atoms with Gasteiger partial charge in [-0.3, -0.25) is 62.3 Å². The van der Waals surface area contributed by atoms with E-state index in [4.69, 9.17) is 9.47 Å². The number of cyclic esters (lactones) is 1. The summed E-state index contributed by atoms with van der Waals surface area (Å²) < 4.78 is 11.1. The number of carbonyl (C=O) groups excluding carboxylic acids is 14. The van der Waals surface area contributed by atoms with E-state index in [1.54, 1.807) is 48.5 Å². The summed E-state index contributed by atoms with van der Waals surface area (Å²) in [6, 6.07) is -12.2. The van der Waals surface area contributed by atoms with Gasteiger partial charge in [0.1, 0.15) is 73.1 Å². The fourth-order valence-electron chi connectivity index (χ4n) is 12.2. The first-order valence-electron chi connectivity index (χ1n) is 35.9. The fraction of sp³-hybridized carbons (Fsp3) is 0.803. The van der Waals surface area contributed by atoms with E-state index in [1.165, 1.54) is 75.8 Å². The van der Waals surface area contributed by atoms with E-state index in [0.717, 1.165) is 4.90 Å². The van der Waals surface area contributed by atoms with Crippen molar-refractivity contribution in [3.05, 3.63) is 0 Å². The zero-order chi connectivity index (χ0) is 76.9. The molecule has 1 rings (SSSR count). The summed E-state index contributed by atoms with van der Waals surface area (Å²) in [7, 11) is 8.42. The van der Waals surface area contributed by atoms with E-state index >= 15 is 0 Å². The van der Waals surface area contributed by atoms with E-state index in [2.05, 4.69) is 42.5 Å². The number of nitrogens with zero attached hydrogens (tertiary/aromatic N) is 5. The van der Waals surface area contributed by atoms with Crippen LogP contribution in [0.25, 0.3) is 0 Å². The number of amides is 13. The highest BCUT2D eigenvalue weighted by Gasteiger charge is 2.44. The van der Waals surface area contributed by atoms with Crippen LogP contribution in [0.4, 0.5) is 0 Å². The van der Waals surface area contributed by atoms with Gasteiger partial charge in [-0.2, -0.15) is 0 Å². The molecule has 0 aromatic rings. The summed E-state index contributed by atoms with van der Waals surface area (Å²) in [6.07, 6.45) is -0.254. The Morgan fingerprint density at radius 3 is 1.46 bits per heavy atom. The van der Waals surface area contributed by atoms with E-state index in [1.807, 2.05) is 62.3 Å². The minimum Gasteiger partial charge on any atom is -0.458 e. The van der Waals surface area contributed by atoms with E-state index < -0.39 is 185 Å². The highest BCUT2D eigenvalue weighted by Crippen LogP contribution is 2.24. The molecule has 0 aliphatic carbocycles. The minimum absolute atomic E-state index is 0.0609. The van der Waals surface area contributed by atoms with Crippen molar-refractivity contribution in [1.82, 2.24) is 67.0 Å². The third kappa shape index (κ3) is 28.2. The van der Waals surface area contributed by atoms with Gasteiger partial charge in [0.05, 0.1) is 0 Å². The van der Waals surface area contributed by atoms with Gasteiger partial charge in [0.25, 0.3) is 0 Å². The largest absolute Gasteiger partial charge is 0.458 e. The Hall–Kier alpha value is -7.46. The van der Waals surface area contributed by atoms with Gasteiger partial charge in [0.15, 0.2) is 0 Å². The average molecular weight is 1420 g/mol. The molecule has 1 fully saturated rings. The Bertz CT molecular complexity index is 2750. The molecule has 14 atom stereocenters. The molecule has 0 aromatic carbocycles. The van der Waals surface area contributed by atoms with E-state index in [9.17, 15) is 67.1 Å². The second-order valence-corrected chi connectivity index (χ2v) is 29.2. The molecule has 1 aliphatic heterocycles. The van der Waals surface area contributed by atoms with Gasteiger partial charge in [-0.15, -0.1) is 0 Å². The minimum atomic E-state index is -1.73. The van der Waals surface area contributed by atoms with Crippen molar-refractivity contribution >= 4 is 82.8 Å². The maximum Gasteiger partial charge on any atom is 0.329 e. The van der Waals surface area contributed by atoms with Crippen LogP contribution < -0.4 is 42.5 Å². The molecule has 0 saturated carbocycles. The first-order chi connectivity index (χ1) is 46.6.